The quantitative estimate of drug-likeness (QED) is 0.886. The van der Waals surface area contributed by atoms with Crippen molar-refractivity contribution in [3.05, 3.63) is 28.2 Å². The Bertz CT molecular complexity index is 286. The van der Waals surface area contributed by atoms with E-state index < -0.39 is 0 Å². The topological polar surface area (TPSA) is 29.5 Å². The van der Waals surface area contributed by atoms with Gasteiger partial charge in [0.25, 0.3) is 0 Å². The fourth-order valence-electron chi connectivity index (χ4n) is 0.999. The highest BCUT2D eigenvalue weighted by Crippen LogP contribution is 2.22. The molecule has 72 valence electrons. The molecule has 13 heavy (non-hydrogen) atoms. The largest absolute Gasteiger partial charge is 0.488 e. The molecule has 0 radical (unpaired) electrons. The third-order valence-electron chi connectivity index (χ3n) is 1.72. The summed E-state index contributed by atoms with van der Waals surface area (Å²) in [5, 5.41) is 8.81. The third kappa shape index (κ3) is 3.01. The Morgan fingerprint density at radius 2 is 2.23 bits per heavy atom. The van der Waals surface area contributed by atoms with Gasteiger partial charge in [-0.05, 0) is 37.6 Å². The second kappa shape index (κ2) is 4.63. The molecule has 1 unspecified atom stereocenters. The zero-order valence-electron chi connectivity index (χ0n) is 7.75. The lowest BCUT2D eigenvalue weighted by Crippen LogP contribution is -2.16. The predicted molar refractivity (Wildman–Crippen MR) is 56.1 cm³/mol. The van der Waals surface area contributed by atoms with Gasteiger partial charge in [-0.15, -0.1) is 0 Å². The van der Waals surface area contributed by atoms with Gasteiger partial charge in [0.1, 0.15) is 11.9 Å². The number of benzene rings is 1. The summed E-state index contributed by atoms with van der Waals surface area (Å²) >= 11 is 3.37. The Kier molecular flexibility index (Phi) is 3.75. The number of hydrogen-bond donors (Lipinski definition) is 1. The van der Waals surface area contributed by atoms with Gasteiger partial charge in [-0.3, -0.25) is 0 Å². The monoisotopic (exact) mass is 244 g/mol. The minimum atomic E-state index is -0.153. The normalized spacial score (nSPS) is 12.6. The van der Waals surface area contributed by atoms with Crippen molar-refractivity contribution in [2.24, 2.45) is 0 Å². The highest BCUT2D eigenvalue weighted by molar-refractivity contribution is 9.10. The van der Waals surface area contributed by atoms with Gasteiger partial charge in [-0.1, -0.05) is 15.9 Å². The van der Waals surface area contributed by atoms with E-state index >= 15 is 0 Å². The maximum absolute atomic E-state index is 8.81. The van der Waals surface area contributed by atoms with Crippen molar-refractivity contribution in [2.45, 2.75) is 20.0 Å². The Balaban J connectivity index is 2.77. The summed E-state index contributed by atoms with van der Waals surface area (Å²) in [4.78, 5) is 0. The van der Waals surface area contributed by atoms with Crippen LogP contribution in [0.2, 0.25) is 0 Å². The van der Waals surface area contributed by atoms with Crippen LogP contribution in [0.4, 0.5) is 0 Å². The molecule has 0 aromatic heterocycles. The van der Waals surface area contributed by atoms with Gasteiger partial charge in [0.2, 0.25) is 0 Å². The molecule has 0 heterocycles. The number of aryl methyl sites for hydroxylation is 1. The first-order valence-electron chi connectivity index (χ1n) is 4.17. The molecule has 1 N–H and O–H groups in total. The van der Waals surface area contributed by atoms with Crippen LogP contribution in [0.25, 0.3) is 0 Å². The number of aliphatic hydroxyl groups excluding tert-OH is 1. The second-order valence-electron chi connectivity index (χ2n) is 3.02. The van der Waals surface area contributed by atoms with Crippen LogP contribution in [0, 0.1) is 6.92 Å². The number of hydrogen-bond acceptors (Lipinski definition) is 2. The molecule has 0 saturated carbocycles. The van der Waals surface area contributed by atoms with Crippen LogP contribution in [-0.2, 0) is 0 Å². The van der Waals surface area contributed by atoms with Gasteiger partial charge in [-0.2, -0.15) is 0 Å². The smallest absolute Gasteiger partial charge is 0.122 e. The molecule has 0 aliphatic heterocycles. The average molecular weight is 245 g/mol. The van der Waals surface area contributed by atoms with E-state index in [1.54, 1.807) is 0 Å². The van der Waals surface area contributed by atoms with Crippen molar-refractivity contribution in [3.8, 4) is 5.75 Å². The molecule has 0 bridgehead atoms. The molecule has 2 nitrogen and oxygen atoms in total. The van der Waals surface area contributed by atoms with Crippen molar-refractivity contribution >= 4 is 15.9 Å². The van der Waals surface area contributed by atoms with Crippen LogP contribution in [0.3, 0.4) is 0 Å². The summed E-state index contributed by atoms with van der Waals surface area (Å²) in [5.74, 6) is 0.824. The standard InChI is InChI=1S/C10H13BrO2/c1-7-5-9(11)3-4-10(7)13-8(2)6-12/h3-5,8,12H,6H2,1-2H3. The summed E-state index contributed by atoms with van der Waals surface area (Å²) in [7, 11) is 0. The van der Waals surface area contributed by atoms with E-state index in [9.17, 15) is 0 Å². The average Bonchev–Trinajstić information content (AvgIpc) is 2.09. The lowest BCUT2D eigenvalue weighted by molar-refractivity contribution is 0.129. The van der Waals surface area contributed by atoms with E-state index in [1.807, 2.05) is 32.0 Å². The Hall–Kier alpha value is -0.540. The summed E-state index contributed by atoms with van der Waals surface area (Å²) in [6, 6.07) is 5.80. The Labute approximate surface area is 86.7 Å². The summed E-state index contributed by atoms with van der Waals surface area (Å²) in [6.07, 6.45) is -0.153. The number of ether oxygens (including phenoxy) is 1. The zero-order valence-corrected chi connectivity index (χ0v) is 9.34. The second-order valence-corrected chi connectivity index (χ2v) is 3.94. The molecule has 0 spiro atoms. The van der Waals surface area contributed by atoms with Crippen molar-refractivity contribution in [2.75, 3.05) is 6.61 Å². The molecule has 1 atom stereocenters. The molecule has 1 aromatic carbocycles. The van der Waals surface area contributed by atoms with Crippen LogP contribution >= 0.6 is 15.9 Å². The molecule has 3 heteroatoms. The number of aliphatic hydroxyl groups is 1. The van der Waals surface area contributed by atoms with Crippen molar-refractivity contribution in [3.63, 3.8) is 0 Å². The van der Waals surface area contributed by atoms with E-state index in [0.29, 0.717) is 0 Å². The lowest BCUT2D eigenvalue weighted by Gasteiger charge is -2.13. The Morgan fingerprint density at radius 3 is 2.77 bits per heavy atom. The maximum atomic E-state index is 8.81. The maximum Gasteiger partial charge on any atom is 0.122 e. The fourth-order valence-corrected chi connectivity index (χ4v) is 1.47. The highest BCUT2D eigenvalue weighted by Gasteiger charge is 2.04. The van der Waals surface area contributed by atoms with E-state index in [4.69, 9.17) is 9.84 Å². The molecule has 0 aliphatic rings. The van der Waals surface area contributed by atoms with E-state index in [1.165, 1.54) is 0 Å². The summed E-state index contributed by atoms with van der Waals surface area (Å²) in [6.45, 7) is 3.85. The predicted octanol–water partition coefficient (Wildman–Crippen LogP) is 2.52. The van der Waals surface area contributed by atoms with E-state index in [-0.39, 0.29) is 12.7 Å². The van der Waals surface area contributed by atoms with E-state index in [2.05, 4.69) is 15.9 Å². The van der Waals surface area contributed by atoms with Gasteiger partial charge in [-0.25, -0.2) is 0 Å². The summed E-state index contributed by atoms with van der Waals surface area (Å²) in [5.41, 5.74) is 1.06. The van der Waals surface area contributed by atoms with Gasteiger partial charge < -0.3 is 9.84 Å². The molecular formula is C10H13BrO2. The zero-order chi connectivity index (χ0) is 9.84. The molecule has 0 saturated heterocycles. The van der Waals surface area contributed by atoms with Gasteiger partial charge in [0.05, 0.1) is 6.61 Å². The van der Waals surface area contributed by atoms with Crippen LogP contribution in [0.1, 0.15) is 12.5 Å². The minimum absolute atomic E-state index is 0.0372. The third-order valence-corrected chi connectivity index (χ3v) is 2.22. The van der Waals surface area contributed by atoms with Crippen molar-refractivity contribution in [1.82, 2.24) is 0 Å². The van der Waals surface area contributed by atoms with Crippen LogP contribution in [-0.4, -0.2) is 17.8 Å². The number of rotatable bonds is 3. The molecule has 0 amide bonds. The first-order chi connectivity index (χ1) is 6.13. The van der Waals surface area contributed by atoms with Gasteiger partial charge in [0, 0.05) is 4.47 Å². The SMILES string of the molecule is Cc1cc(Br)ccc1OC(C)CO. The molecule has 0 fully saturated rings. The van der Waals surface area contributed by atoms with Crippen LogP contribution < -0.4 is 4.74 Å². The van der Waals surface area contributed by atoms with Crippen LogP contribution in [0.15, 0.2) is 22.7 Å². The first-order valence-corrected chi connectivity index (χ1v) is 4.96. The summed E-state index contributed by atoms with van der Waals surface area (Å²) < 4.78 is 6.51. The number of halogens is 1. The first kappa shape index (κ1) is 10.5. The van der Waals surface area contributed by atoms with Crippen molar-refractivity contribution in [1.29, 1.82) is 0 Å². The fraction of sp³-hybridized carbons (Fsp3) is 0.400. The van der Waals surface area contributed by atoms with Crippen LogP contribution in [0.5, 0.6) is 5.75 Å². The minimum Gasteiger partial charge on any atom is -0.488 e. The molecular weight excluding hydrogens is 232 g/mol. The highest BCUT2D eigenvalue weighted by atomic mass is 79.9. The lowest BCUT2D eigenvalue weighted by atomic mass is 10.2. The van der Waals surface area contributed by atoms with Crippen molar-refractivity contribution < 1.29 is 9.84 Å². The van der Waals surface area contributed by atoms with Gasteiger partial charge in [0.15, 0.2) is 0 Å². The molecule has 1 rings (SSSR count). The molecule has 0 aliphatic carbocycles. The molecule has 1 aromatic rings. The van der Waals surface area contributed by atoms with Gasteiger partial charge >= 0.3 is 0 Å². The Morgan fingerprint density at radius 1 is 1.54 bits per heavy atom. The van der Waals surface area contributed by atoms with E-state index in [0.717, 1.165) is 15.8 Å².